The molecule has 27 heavy (non-hydrogen) atoms. The van der Waals surface area contributed by atoms with E-state index in [1.165, 1.54) is 0 Å². The summed E-state index contributed by atoms with van der Waals surface area (Å²) >= 11 is 0. The molecule has 154 valence electrons. The molecule has 1 rings (SSSR count). The Morgan fingerprint density at radius 3 is 1.89 bits per heavy atom. The van der Waals surface area contributed by atoms with Crippen molar-refractivity contribution in [3.63, 3.8) is 0 Å². The zero-order valence-corrected chi connectivity index (χ0v) is 20.4. The molecule has 6 heteroatoms. The number of carbonyl (C=O) groups excluding carboxylic acids is 1. The Hall–Kier alpha value is -0.956. The smallest absolute Gasteiger partial charge is 0.338 e. The largest absolute Gasteiger partial charge is 0.456 e. The first-order chi connectivity index (χ1) is 12.5. The molecule has 0 bridgehead atoms. The quantitative estimate of drug-likeness (QED) is 0.338. The SMILES string of the molecule is CCC[C@@H](O[Si](C)(C)C)[C@H](O[Si](C)(C)C)[C@@H](CC)OC(=O)c1ccccc1. The Kier molecular flexibility index (Phi) is 9.41. The summed E-state index contributed by atoms with van der Waals surface area (Å²) in [6.45, 7) is 17.3. The van der Waals surface area contributed by atoms with Gasteiger partial charge in [-0.05, 0) is 64.3 Å². The monoisotopic (exact) mass is 410 g/mol. The van der Waals surface area contributed by atoms with Crippen LogP contribution < -0.4 is 0 Å². The van der Waals surface area contributed by atoms with Crippen LogP contribution in [0.5, 0.6) is 0 Å². The van der Waals surface area contributed by atoms with Gasteiger partial charge in [0.1, 0.15) is 12.2 Å². The molecular formula is C21H38O4Si2. The van der Waals surface area contributed by atoms with Gasteiger partial charge in [0.2, 0.25) is 0 Å². The number of hydrogen-bond donors (Lipinski definition) is 0. The van der Waals surface area contributed by atoms with Gasteiger partial charge in [-0.25, -0.2) is 4.79 Å². The maximum Gasteiger partial charge on any atom is 0.338 e. The van der Waals surface area contributed by atoms with Crippen molar-refractivity contribution in [2.24, 2.45) is 0 Å². The highest BCUT2D eigenvalue weighted by Crippen LogP contribution is 2.26. The third-order valence-electron chi connectivity index (χ3n) is 3.97. The summed E-state index contributed by atoms with van der Waals surface area (Å²) in [6.07, 6.45) is 1.99. The van der Waals surface area contributed by atoms with E-state index >= 15 is 0 Å². The lowest BCUT2D eigenvalue weighted by Crippen LogP contribution is -2.51. The summed E-state index contributed by atoms with van der Waals surface area (Å²) in [5, 5.41) is 0. The normalized spacial score (nSPS) is 15.9. The third kappa shape index (κ3) is 9.19. The van der Waals surface area contributed by atoms with Crippen molar-refractivity contribution in [1.29, 1.82) is 0 Å². The summed E-state index contributed by atoms with van der Waals surface area (Å²) in [5.74, 6) is -0.296. The van der Waals surface area contributed by atoms with Crippen molar-refractivity contribution in [2.45, 2.75) is 90.7 Å². The second-order valence-corrected chi connectivity index (χ2v) is 17.9. The van der Waals surface area contributed by atoms with Crippen molar-refractivity contribution < 1.29 is 18.4 Å². The fourth-order valence-electron chi connectivity index (χ4n) is 2.99. The van der Waals surface area contributed by atoms with E-state index < -0.39 is 16.6 Å². The molecule has 1 aromatic rings. The van der Waals surface area contributed by atoms with Crippen LogP contribution in [0.1, 0.15) is 43.5 Å². The summed E-state index contributed by atoms with van der Waals surface area (Å²) in [7, 11) is -3.62. The fraction of sp³-hybridized carbons (Fsp3) is 0.667. The number of benzene rings is 1. The fourth-order valence-corrected chi connectivity index (χ4v) is 5.27. The van der Waals surface area contributed by atoms with E-state index in [4.69, 9.17) is 13.6 Å². The Morgan fingerprint density at radius 1 is 0.889 bits per heavy atom. The van der Waals surface area contributed by atoms with E-state index in [1.54, 1.807) is 12.1 Å². The highest BCUT2D eigenvalue weighted by molar-refractivity contribution is 6.70. The molecule has 3 atom stereocenters. The van der Waals surface area contributed by atoms with Gasteiger partial charge in [-0.15, -0.1) is 0 Å². The van der Waals surface area contributed by atoms with Crippen LogP contribution in [0.15, 0.2) is 30.3 Å². The van der Waals surface area contributed by atoms with Gasteiger partial charge in [-0.2, -0.15) is 0 Å². The summed E-state index contributed by atoms with van der Waals surface area (Å²) in [5.41, 5.74) is 0.570. The van der Waals surface area contributed by atoms with Crippen LogP contribution >= 0.6 is 0 Å². The number of hydrogen-bond acceptors (Lipinski definition) is 4. The molecule has 0 unspecified atom stereocenters. The molecule has 4 nitrogen and oxygen atoms in total. The zero-order valence-electron chi connectivity index (χ0n) is 18.4. The number of ether oxygens (including phenoxy) is 1. The van der Waals surface area contributed by atoms with Gasteiger partial charge in [-0.3, -0.25) is 0 Å². The molecule has 0 aliphatic rings. The van der Waals surface area contributed by atoms with Gasteiger partial charge in [0, 0.05) is 0 Å². The molecule has 0 saturated heterocycles. The minimum absolute atomic E-state index is 0.0538. The zero-order chi connectivity index (χ0) is 20.7. The van der Waals surface area contributed by atoms with Crippen molar-refractivity contribution in [2.75, 3.05) is 0 Å². The van der Waals surface area contributed by atoms with E-state index in [0.29, 0.717) is 12.0 Å². The van der Waals surface area contributed by atoms with Crippen LogP contribution in [-0.2, 0) is 13.6 Å². The molecule has 0 aliphatic heterocycles. The summed E-state index contributed by atoms with van der Waals surface area (Å²) < 4.78 is 19.0. The van der Waals surface area contributed by atoms with E-state index in [1.807, 2.05) is 25.1 Å². The number of carbonyl (C=O) groups is 1. The minimum atomic E-state index is -1.85. The second kappa shape index (κ2) is 10.6. The number of rotatable bonds is 11. The van der Waals surface area contributed by atoms with E-state index in [2.05, 4.69) is 46.2 Å². The predicted octanol–water partition coefficient (Wildman–Crippen LogP) is 5.86. The lowest BCUT2D eigenvalue weighted by atomic mass is 10.0. The van der Waals surface area contributed by atoms with Crippen molar-refractivity contribution >= 4 is 22.6 Å². The van der Waals surface area contributed by atoms with Crippen LogP contribution in [-0.4, -0.2) is 40.9 Å². The lowest BCUT2D eigenvalue weighted by molar-refractivity contribution is -0.0586. The molecule has 1 aromatic carbocycles. The maximum absolute atomic E-state index is 12.7. The van der Waals surface area contributed by atoms with Crippen LogP contribution in [0.2, 0.25) is 39.3 Å². The van der Waals surface area contributed by atoms with Crippen molar-refractivity contribution in [3.05, 3.63) is 35.9 Å². The first-order valence-corrected chi connectivity index (χ1v) is 16.9. The third-order valence-corrected chi connectivity index (χ3v) is 5.96. The van der Waals surface area contributed by atoms with Gasteiger partial charge in [0.25, 0.3) is 0 Å². The van der Waals surface area contributed by atoms with Crippen LogP contribution in [0.25, 0.3) is 0 Å². The molecule has 0 saturated carbocycles. The standard InChI is InChI=1S/C21H38O4Si2/c1-9-14-19(24-26(3,4)5)20(25-27(6,7)8)18(10-2)23-21(22)17-15-12-11-13-16-17/h11-13,15-16,18-20H,9-10,14H2,1-8H3/t18-,19-,20-/m1/s1. The summed E-state index contributed by atoms with van der Waals surface area (Å²) in [6, 6.07) is 9.16. The lowest BCUT2D eigenvalue weighted by Gasteiger charge is -2.39. The second-order valence-electron chi connectivity index (χ2n) is 8.97. The first-order valence-electron chi connectivity index (χ1n) is 10.1. The Balaban J connectivity index is 3.10. The molecule has 0 radical (unpaired) electrons. The molecule has 0 aromatic heterocycles. The predicted molar refractivity (Wildman–Crippen MR) is 117 cm³/mol. The van der Waals surface area contributed by atoms with Gasteiger partial charge in [0.05, 0.1) is 11.7 Å². The van der Waals surface area contributed by atoms with Crippen LogP contribution in [0.4, 0.5) is 0 Å². The molecule has 0 fully saturated rings. The maximum atomic E-state index is 12.7. The average molecular weight is 411 g/mol. The van der Waals surface area contributed by atoms with E-state index in [9.17, 15) is 4.79 Å². The average Bonchev–Trinajstić information content (AvgIpc) is 2.56. The van der Waals surface area contributed by atoms with E-state index in [0.717, 1.165) is 12.8 Å². The molecule has 0 amide bonds. The highest BCUT2D eigenvalue weighted by Gasteiger charge is 2.38. The van der Waals surface area contributed by atoms with Gasteiger partial charge in [0.15, 0.2) is 16.6 Å². The first kappa shape index (κ1) is 24.1. The molecule has 0 heterocycles. The topological polar surface area (TPSA) is 44.8 Å². The van der Waals surface area contributed by atoms with Gasteiger partial charge >= 0.3 is 5.97 Å². The molecular weight excluding hydrogens is 372 g/mol. The molecule has 0 aliphatic carbocycles. The Bertz CT molecular complexity index is 564. The summed E-state index contributed by atoms with van der Waals surface area (Å²) in [4.78, 5) is 12.7. The Labute approximate surface area is 167 Å². The van der Waals surface area contributed by atoms with Gasteiger partial charge in [-0.1, -0.05) is 38.5 Å². The minimum Gasteiger partial charge on any atom is -0.456 e. The molecule has 0 spiro atoms. The van der Waals surface area contributed by atoms with Crippen LogP contribution in [0, 0.1) is 0 Å². The van der Waals surface area contributed by atoms with Gasteiger partial charge < -0.3 is 13.6 Å². The molecule has 0 N–H and O–H groups in total. The van der Waals surface area contributed by atoms with Crippen molar-refractivity contribution in [1.82, 2.24) is 0 Å². The van der Waals surface area contributed by atoms with Crippen molar-refractivity contribution in [3.8, 4) is 0 Å². The number of esters is 1. The highest BCUT2D eigenvalue weighted by atomic mass is 28.4. The Morgan fingerprint density at radius 2 is 1.44 bits per heavy atom. The van der Waals surface area contributed by atoms with Crippen LogP contribution in [0.3, 0.4) is 0 Å². The van der Waals surface area contributed by atoms with E-state index in [-0.39, 0.29) is 24.3 Å².